The number of ether oxygens (including phenoxy) is 1. The van der Waals surface area contributed by atoms with Gasteiger partial charge in [0.05, 0.1) is 18.1 Å². The van der Waals surface area contributed by atoms with Crippen LogP contribution in [0.4, 0.5) is 0 Å². The Labute approximate surface area is 153 Å². The second kappa shape index (κ2) is 8.44. The number of carbonyl (C=O) groups excluding carboxylic acids is 1. The van der Waals surface area contributed by atoms with Crippen LogP contribution in [0.1, 0.15) is 5.56 Å². The maximum Gasteiger partial charge on any atom is 0.241 e. The third-order valence-electron chi connectivity index (χ3n) is 4.25. The molecule has 0 saturated carbocycles. The number of carbonyl (C=O) groups is 1. The fourth-order valence-corrected chi connectivity index (χ4v) is 4.10. The van der Waals surface area contributed by atoms with Crippen molar-refractivity contribution in [3.63, 3.8) is 0 Å². The van der Waals surface area contributed by atoms with E-state index in [1.54, 1.807) is 23.1 Å². The van der Waals surface area contributed by atoms with Crippen LogP contribution >= 0.6 is 0 Å². The first kappa shape index (κ1) is 18.6. The summed E-state index contributed by atoms with van der Waals surface area (Å²) < 4.78 is 33.3. The van der Waals surface area contributed by atoms with Crippen LogP contribution in [-0.4, -0.2) is 51.6 Å². The van der Waals surface area contributed by atoms with Crippen molar-refractivity contribution in [2.45, 2.75) is 17.4 Å². The monoisotopic (exact) mass is 374 g/mol. The molecule has 3 rings (SSSR count). The topological polar surface area (TPSA) is 75.7 Å². The Bertz CT molecular complexity index is 819. The van der Waals surface area contributed by atoms with Gasteiger partial charge in [0.2, 0.25) is 15.9 Å². The molecule has 1 atom stereocenters. The number of amides is 1. The van der Waals surface area contributed by atoms with Gasteiger partial charge in [-0.05, 0) is 24.1 Å². The fourth-order valence-electron chi connectivity index (χ4n) is 2.89. The Morgan fingerprint density at radius 3 is 2.19 bits per heavy atom. The number of nitrogens with zero attached hydrogens (tertiary/aromatic N) is 1. The molecule has 1 N–H and O–H groups in total. The molecule has 138 valence electrons. The molecule has 1 unspecified atom stereocenters. The van der Waals surface area contributed by atoms with Gasteiger partial charge >= 0.3 is 0 Å². The molecule has 1 fully saturated rings. The summed E-state index contributed by atoms with van der Waals surface area (Å²) in [6.45, 7) is 1.87. The largest absolute Gasteiger partial charge is 0.378 e. The maximum atomic E-state index is 13.0. The molecule has 1 aliphatic rings. The summed E-state index contributed by atoms with van der Waals surface area (Å²) in [5.41, 5.74) is 0.898. The van der Waals surface area contributed by atoms with E-state index < -0.39 is 16.1 Å². The van der Waals surface area contributed by atoms with Crippen molar-refractivity contribution in [2.75, 3.05) is 26.3 Å². The van der Waals surface area contributed by atoms with E-state index in [4.69, 9.17) is 4.74 Å². The predicted octanol–water partition coefficient (Wildman–Crippen LogP) is 1.44. The van der Waals surface area contributed by atoms with Crippen molar-refractivity contribution in [1.82, 2.24) is 9.62 Å². The first-order valence-corrected chi connectivity index (χ1v) is 10.0. The van der Waals surface area contributed by atoms with Crippen molar-refractivity contribution in [3.8, 4) is 0 Å². The highest BCUT2D eigenvalue weighted by Crippen LogP contribution is 2.13. The van der Waals surface area contributed by atoms with Crippen LogP contribution in [0.2, 0.25) is 0 Å². The number of benzene rings is 2. The quantitative estimate of drug-likeness (QED) is 0.830. The van der Waals surface area contributed by atoms with Gasteiger partial charge in [0.15, 0.2) is 0 Å². The molecule has 6 nitrogen and oxygen atoms in total. The summed E-state index contributed by atoms with van der Waals surface area (Å²) in [6.07, 6.45) is 0.295. The Kier molecular flexibility index (Phi) is 6.03. The highest BCUT2D eigenvalue weighted by molar-refractivity contribution is 7.89. The minimum atomic E-state index is -3.79. The van der Waals surface area contributed by atoms with Crippen LogP contribution in [0.3, 0.4) is 0 Å². The van der Waals surface area contributed by atoms with E-state index in [-0.39, 0.29) is 10.8 Å². The zero-order valence-electron chi connectivity index (χ0n) is 14.4. The molecular weight excluding hydrogens is 352 g/mol. The zero-order chi connectivity index (χ0) is 18.4. The van der Waals surface area contributed by atoms with E-state index in [9.17, 15) is 13.2 Å². The van der Waals surface area contributed by atoms with E-state index in [1.165, 1.54) is 12.1 Å². The first-order chi connectivity index (χ1) is 12.6. The van der Waals surface area contributed by atoms with Crippen molar-refractivity contribution < 1.29 is 17.9 Å². The van der Waals surface area contributed by atoms with Crippen molar-refractivity contribution in [2.24, 2.45) is 0 Å². The van der Waals surface area contributed by atoms with Crippen molar-refractivity contribution in [1.29, 1.82) is 0 Å². The van der Waals surface area contributed by atoms with Gasteiger partial charge in [-0.1, -0.05) is 48.5 Å². The van der Waals surface area contributed by atoms with Crippen LogP contribution in [0.5, 0.6) is 0 Å². The third-order valence-corrected chi connectivity index (χ3v) is 5.74. The van der Waals surface area contributed by atoms with E-state index >= 15 is 0 Å². The van der Waals surface area contributed by atoms with Crippen LogP contribution < -0.4 is 4.72 Å². The number of rotatable bonds is 6. The lowest BCUT2D eigenvalue weighted by Gasteiger charge is -2.30. The maximum absolute atomic E-state index is 13.0. The molecule has 0 bridgehead atoms. The summed E-state index contributed by atoms with van der Waals surface area (Å²) in [5.74, 6) is -0.225. The molecule has 0 radical (unpaired) electrons. The minimum absolute atomic E-state index is 0.146. The summed E-state index contributed by atoms with van der Waals surface area (Å²) >= 11 is 0. The van der Waals surface area contributed by atoms with Gasteiger partial charge in [-0.15, -0.1) is 0 Å². The van der Waals surface area contributed by atoms with E-state index in [2.05, 4.69) is 4.72 Å². The summed E-state index contributed by atoms with van der Waals surface area (Å²) in [6, 6.07) is 16.6. The Hall–Kier alpha value is -2.22. The van der Waals surface area contributed by atoms with Gasteiger partial charge in [0.25, 0.3) is 0 Å². The molecule has 0 aromatic heterocycles. The molecule has 1 amide bonds. The Balaban J connectivity index is 1.83. The Morgan fingerprint density at radius 1 is 1.00 bits per heavy atom. The van der Waals surface area contributed by atoms with Gasteiger partial charge in [-0.3, -0.25) is 4.79 Å². The lowest BCUT2D eigenvalue weighted by molar-refractivity contribution is -0.137. The lowest BCUT2D eigenvalue weighted by Crippen LogP contribution is -2.52. The van der Waals surface area contributed by atoms with Crippen molar-refractivity contribution in [3.05, 3.63) is 66.2 Å². The van der Waals surface area contributed by atoms with E-state index in [0.717, 1.165) is 5.56 Å². The molecule has 2 aromatic rings. The Morgan fingerprint density at radius 2 is 1.58 bits per heavy atom. The number of nitrogens with one attached hydrogen (secondary N) is 1. The highest BCUT2D eigenvalue weighted by Gasteiger charge is 2.30. The molecule has 0 aliphatic carbocycles. The molecule has 26 heavy (non-hydrogen) atoms. The number of hydrogen-bond donors (Lipinski definition) is 1. The lowest BCUT2D eigenvalue weighted by atomic mass is 10.1. The number of sulfonamides is 1. The van der Waals surface area contributed by atoms with Gasteiger partial charge in [-0.25, -0.2) is 8.42 Å². The molecular formula is C19H22N2O4S. The van der Waals surface area contributed by atoms with Gasteiger partial charge < -0.3 is 9.64 Å². The van der Waals surface area contributed by atoms with E-state index in [0.29, 0.717) is 32.7 Å². The normalized spacial score (nSPS) is 16.2. The summed E-state index contributed by atoms with van der Waals surface area (Å²) in [4.78, 5) is 14.8. The molecule has 2 aromatic carbocycles. The third kappa shape index (κ3) is 4.69. The van der Waals surface area contributed by atoms with Crippen LogP contribution in [0, 0.1) is 0 Å². The SMILES string of the molecule is O=C(C(Cc1ccccc1)NS(=O)(=O)c1ccccc1)N1CCOCC1. The van der Waals surface area contributed by atoms with E-state index in [1.807, 2.05) is 30.3 Å². The van der Waals surface area contributed by atoms with Gasteiger partial charge in [0, 0.05) is 13.1 Å². The summed E-state index contributed by atoms with van der Waals surface area (Å²) in [7, 11) is -3.79. The van der Waals surface area contributed by atoms with Crippen molar-refractivity contribution >= 4 is 15.9 Å². The van der Waals surface area contributed by atoms with Crippen LogP contribution in [-0.2, 0) is 26.0 Å². The average Bonchev–Trinajstić information content (AvgIpc) is 2.69. The fraction of sp³-hybridized carbons (Fsp3) is 0.316. The van der Waals surface area contributed by atoms with Gasteiger partial charge in [0.1, 0.15) is 6.04 Å². The van der Waals surface area contributed by atoms with Gasteiger partial charge in [-0.2, -0.15) is 4.72 Å². The molecule has 1 saturated heterocycles. The van der Waals surface area contributed by atoms with Crippen LogP contribution in [0.15, 0.2) is 65.6 Å². The molecule has 0 spiro atoms. The predicted molar refractivity (Wildman–Crippen MR) is 98.1 cm³/mol. The molecule has 1 aliphatic heterocycles. The smallest absolute Gasteiger partial charge is 0.241 e. The number of hydrogen-bond acceptors (Lipinski definition) is 4. The average molecular weight is 374 g/mol. The highest BCUT2D eigenvalue weighted by atomic mass is 32.2. The molecule has 7 heteroatoms. The van der Waals surface area contributed by atoms with Crippen LogP contribution in [0.25, 0.3) is 0 Å². The first-order valence-electron chi connectivity index (χ1n) is 8.54. The minimum Gasteiger partial charge on any atom is -0.378 e. The standard InChI is InChI=1S/C19H22N2O4S/c22-19(21-11-13-25-14-12-21)18(15-16-7-3-1-4-8-16)20-26(23,24)17-9-5-2-6-10-17/h1-10,18,20H,11-15H2. The molecule has 1 heterocycles. The summed E-state index contributed by atoms with van der Waals surface area (Å²) in [5, 5.41) is 0. The zero-order valence-corrected chi connectivity index (χ0v) is 15.2. The second-order valence-corrected chi connectivity index (χ2v) is 7.83. The second-order valence-electron chi connectivity index (χ2n) is 6.11. The number of morpholine rings is 1.